The number of carbonyl (C=O) groups is 2. The highest BCUT2D eigenvalue weighted by Crippen LogP contribution is 2.21. The van der Waals surface area contributed by atoms with Crippen molar-refractivity contribution in [2.45, 2.75) is 33.7 Å². The predicted octanol–water partition coefficient (Wildman–Crippen LogP) is 4.52. The average molecular weight is 352 g/mol. The van der Waals surface area contributed by atoms with Crippen molar-refractivity contribution in [1.82, 2.24) is 4.57 Å². The van der Waals surface area contributed by atoms with Crippen molar-refractivity contribution in [3.63, 3.8) is 0 Å². The van der Waals surface area contributed by atoms with Gasteiger partial charge in [0.05, 0.1) is 5.56 Å². The van der Waals surface area contributed by atoms with Crippen LogP contribution in [0.4, 0.5) is 4.39 Å². The summed E-state index contributed by atoms with van der Waals surface area (Å²) in [4.78, 5) is 24.3. The number of carbonyl (C=O) groups excluding carboxylic acids is 2. The molecule has 4 nitrogen and oxygen atoms in total. The third-order valence-corrected chi connectivity index (χ3v) is 4.02. The number of aryl methyl sites for hydroxylation is 1. The number of nitrogens with zero attached hydrogens (tertiary/aromatic N) is 1. The first-order valence-corrected chi connectivity index (χ1v) is 7.94. The van der Waals surface area contributed by atoms with Crippen LogP contribution >= 0.6 is 11.6 Å². The molecule has 0 saturated carbocycles. The van der Waals surface area contributed by atoms with Crippen LogP contribution < -0.4 is 0 Å². The van der Waals surface area contributed by atoms with Crippen molar-refractivity contribution in [3.8, 4) is 0 Å². The molecule has 0 unspecified atom stereocenters. The molecule has 0 spiro atoms. The Kier molecular flexibility index (Phi) is 5.44. The number of esters is 1. The van der Waals surface area contributed by atoms with E-state index in [-0.39, 0.29) is 22.4 Å². The standard InChI is InChI=1S/C18H19ClFNO3/c1-10(2)21-11(3)7-14(12(21)4)17(22)9-24-18(23)15-8-13(19)5-6-16(15)20/h5-8,10H,9H2,1-4H3. The molecule has 2 rings (SSSR count). The second-order valence-electron chi connectivity index (χ2n) is 5.87. The Morgan fingerprint density at radius 3 is 2.46 bits per heavy atom. The quantitative estimate of drug-likeness (QED) is 0.588. The van der Waals surface area contributed by atoms with Crippen LogP contribution in [0.15, 0.2) is 24.3 Å². The highest BCUT2D eigenvalue weighted by atomic mass is 35.5. The van der Waals surface area contributed by atoms with E-state index in [0.29, 0.717) is 5.56 Å². The van der Waals surface area contributed by atoms with Gasteiger partial charge in [0.15, 0.2) is 6.61 Å². The topological polar surface area (TPSA) is 48.3 Å². The monoisotopic (exact) mass is 351 g/mol. The third kappa shape index (κ3) is 3.67. The molecule has 0 saturated heterocycles. The number of rotatable bonds is 5. The minimum atomic E-state index is -0.916. The summed E-state index contributed by atoms with van der Waals surface area (Å²) < 4.78 is 20.6. The number of benzene rings is 1. The van der Waals surface area contributed by atoms with E-state index in [2.05, 4.69) is 0 Å². The molecule has 0 fully saturated rings. The normalized spacial score (nSPS) is 11.0. The Morgan fingerprint density at radius 1 is 1.21 bits per heavy atom. The summed E-state index contributed by atoms with van der Waals surface area (Å²) in [5.74, 6) is -1.98. The summed E-state index contributed by atoms with van der Waals surface area (Å²) in [6, 6.07) is 5.57. The number of Topliss-reactive ketones (excluding diaryl/α,β-unsaturated/α-hetero) is 1. The highest BCUT2D eigenvalue weighted by Gasteiger charge is 2.20. The van der Waals surface area contributed by atoms with Crippen LogP contribution in [0.1, 0.15) is 52.0 Å². The van der Waals surface area contributed by atoms with Gasteiger partial charge in [-0.1, -0.05) is 11.6 Å². The molecule has 128 valence electrons. The van der Waals surface area contributed by atoms with Crippen molar-refractivity contribution >= 4 is 23.4 Å². The van der Waals surface area contributed by atoms with Crippen molar-refractivity contribution in [3.05, 3.63) is 57.6 Å². The number of aromatic nitrogens is 1. The summed E-state index contributed by atoms with van der Waals surface area (Å²) in [5, 5.41) is 0.218. The molecule has 0 aliphatic carbocycles. The maximum atomic E-state index is 13.6. The molecular weight excluding hydrogens is 333 g/mol. The van der Waals surface area contributed by atoms with Gasteiger partial charge in [-0.2, -0.15) is 0 Å². The first kappa shape index (κ1) is 18.2. The molecule has 0 aliphatic rings. The van der Waals surface area contributed by atoms with E-state index >= 15 is 0 Å². The van der Waals surface area contributed by atoms with Crippen molar-refractivity contribution in [2.75, 3.05) is 6.61 Å². The Balaban J connectivity index is 2.12. The largest absolute Gasteiger partial charge is 0.454 e. The van der Waals surface area contributed by atoms with Crippen molar-refractivity contribution in [2.24, 2.45) is 0 Å². The van der Waals surface area contributed by atoms with Crippen LogP contribution in [0.3, 0.4) is 0 Å². The van der Waals surface area contributed by atoms with E-state index in [0.717, 1.165) is 17.5 Å². The molecule has 0 radical (unpaired) electrons. The van der Waals surface area contributed by atoms with Crippen LogP contribution in [-0.4, -0.2) is 22.9 Å². The van der Waals surface area contributed by atoms with E-state index in [1.807, 2.05) is 32.3 Å². The zero-order valence-corrected chi connectivity index (χ0v) is 14.8. The van der Waals surface area contributed by atoms with Gasteiger partial charge in [-0.25, -0.2) is 9.18 Å². The first-order chi connectivity index (χ1) is 11.2. The smallest absolute Gasteiger partial charge is 0.341 e. The lowest BCUT2D eigenvalue weighted by Gasteiger charge is -2.13. The molecule has 1 aromatic heterocycles. The van der Waals surface area contributed by atoms with Gasteiger partial charge in [-0.3, -0.25) is 4.79 Å². The fourth-order valence-electron chi connectivity index (χ4n) is 2.79. The minimum Gasteiger partial charge on any atom is -0.454 e. The summed E-state index contributed by atoms with van der Waals surface area (Å²) >= 11 is 5.75. The summed E-state index contributed by atoms with van der Waals surface area (Å²) in [7, 11) is 0. The van der Waals surface area contributed by atoms with E-state index in [1.165, 1.54) is 12.1 Å². The van der Waals surface area contributed by atoms with Gasteiger partial charge in [0.2, 0.25) is 5.78 Å². The van der Waals surface area contributed by atoms with Crippen molar-refractivity contribution in [1.29, 1.82) is 0 Å². The first-order valence-electron chi connectivity index (χ1n) is 7.56. The van der Waals surface area contributed by atoms with Gasteiger partial charge in [0, 0.05) is 28.0 Å². The molecule has 0 aliphatic heterocycles. The lowest BCUT2D eigenvalue weighted by Crippen LogP contribution is -2.16. The van der Waals surface area contributed by atoms with Gasteiger partial charge in [-0.15, -0.1) is 0 Å². The van der Waals surface area contributed by atoms with Gasteiger partial charge < -0.3 is 9.30 Å². The molecule has 24 heavy (non-hydrogen) atoms. The molecule has 0 bridgehead atoms. The number of hydrogen-bond donors (Lipinski definition) is 0. The molecular formula is C18H19ClFNO3. The fourth-order valence-corrected chi connectivity index (χ4v) is 2.97. The fraction of sp³-hybridized carbons (Fsp3) is 0.333. The van der Waals surface area contributed by atoms with Gasteiger partial charge >= 0.3 is 5.97 Å². The van der Waals surface area contributed by atoms with Gasteiger partial charge in [-0.05, 0) is 52.0 Å². The van der Waals surface area contributed by atoms with Gasteiger partial charge in [0.25, 0.3) is 0 Å². The predicted molar refractivity (Wildman–Crippen MR) is 90.3 cm³/mol. The van der Waals surface area contributed by atoms with Crippen LogP contribution in [0.25, 0.3) is 0 Å². The molecule has 0 N–H and O–H groups in total. The number of halogens is 2. The SMILES string of the molecule is Cc1cc(C(=O)COC(=O)c2cc(Cl)ccc2F)c(C)n1C(C)C. The number of ether oxygens (including phenoxy) is 1. The van der Waals surface area contributed by atoms with Crippen LogP contribution in [0, 0.1) is 19.7 Å². The lowest BCUT2D eigenvalue weighted by atomic mass is 10.1. The van der Waals surface area contributed by atoms with Crippen molar-refractivity contribution < 1.29 is 18.7 Å². The molecule has 6 heteroatoms. The molecule has 2 aromatic rings. The second kappa shape index (κ2) is 7.18. The Hall–Kier alpha value is -2.14. The van der Waals surface area contributed by atoms with E-state index in [4.69, 9.17) is 16.3 Å². The van der Waals surface area contributed by atoms with E-state index < -0.39 is 18.4 Å². The number of hydrogen-bond acceptors (Lipinski definition) is 3. The zero-order chi connectivity index (χ0) is 18.0. The minimum absolute atomic E-state index is 0.217. The van der Waals surface area contributed by atoms with E-state index in [1.54, 1.807) is 6.07 Å². The van der Waals surface area contributed by atoms with Crippen LogP contribution in [0.5, 0.6) is 0 Å². The van der Waals surface area contributed by atoms with Gasteiger partial charge in [0.1, 0.15) is 5.82 Å². The molecule has 1 aromatic carbocycles. The molecule has 0 amide bonds. The second-order valence-corrected chi connectivity index (χ2v) is 6.31. The highest BCUT2D eigenvalue weighted by molar-refractivity contribution is 6.30. The summed E-state index contributed by atoms with van der Waals surface area (Å²) in [6.07, 6.45) is 0. The number of ketones is 1. The van der Waals surface area contributed by atoms with E-state index in [9.17, 15) is 14.0 Å². The summed E-state index contributed by atoms with van der Waals surface area (Å²) in [6.45, 7) is 7.36. The Labute approximate surface area is 145 Å². The average Bonchev–Trinajstić information content (AvgIpc) is 2.81. The summed E-state index contributed by atoms with van der Waals surface area (Å²) in [5.41, 5.74) is 1.99. The Bertz CT molecular complexity index is 796. The molecule has 1 heterocycles. The maximum Gasteiger partial charge on any atom is 0.341 e. The maximum absolute atomic E-state index is 13.6. The third-order valence-electron chi connectivity index (χ3n) is 3.78. The Morgan fingerprint density at radius 2 is 1.88 bits per heavy atom. The lowest BCUT2D eigenvalue weighted by molar-refractivity contribution is 0.0470. The van der Waals surface area contributed by atoms with Crippen LogP contribution in [-0.2, 0) is 4.74 Å². The zero-order valence-electron chi connectivity index (χ0n) is 14.0. The van der Waals surface area contributed by atoms with Crippen LogP contribution in [0.2, 0.25) is 5.02 Å². The molecule has 0 atom stereocenters.